The van der Waals surface area contributed by atoms with Crippen LogP contribution in [0.15, 0.2) is 52.8 Å². The first-order valence-corrected chi connectivity index (χ1v) is 10.7. The van der Waals surface area contributed by atoms with Crippen molar-refractivity contribution in [3.05, 3.63) is 71.5 Å². The molecule has 1 aromatic carbocycles. The maximum absolute atomic E-state index is 12.5. The van der Waals surface area contributed by atoms with Crippen LogP contribution in [0.5, 0.6) is 0 Å². The Morgan fingerprint density at radius 1 is 1.23 bits per heavy atom. The Hall–Kier alpha value is -3.33. The number of thioether (sulfide) groups is 1. The van der Waals surface area contributed by atoms with Crippen molar-refractivity contribution in [1.29, 1.82) is 0 Å². The molecule has 0 fully saturated rings. The lowest BCUT2D eigenvalue weighted by Crippen LogP contribution is -2.24. The average molecular weight is 440 g/mol. The molecule has 8 nitrogen and oxygen atoms in total. The molecule has 2 heterocycles. The largest absolute Gasteiger partial charge is 0.459 e. The zero-order valence-corrected chi connectivity index (χ0v) is 18.6. The summed E-state index contributed by atoms with van der Waals surface area (Å²) in [5.74, 6) is 0.507. The molecule has 0 aliphatic rings. The molecule has 0 saturated heterocycles. The van der Waals surface area contributed by atoms with Crippen LogP contribution in [-0.4, -0.2) is 32.3 Å². The van der Waals surface area contributed by atoms with Gasteiger partial charge in [0.15, 0.2) is 16.7 Å². The quantitative estimate of drug-likeness (QED) is 0.390. The van der Waals surface area contributed by atoms with E-state index >= 15 is 0 Å². The summed E-state index contributed by atoms with van der Waals surface area (Å²) >= 11 is 1.28. The number of carbonyl (C=O) groups is 2. The maximum atomic E-state index is 12.5. The zero-order chi connectivity index (χ0) is 22.4. The number of aromatic nitrogens is 3. The molecule has 2 amide bonds. The van der Waals surface area contributed by atoms with Gasteiger partial charge in [0, 0.05) is 12.2 Å². The van der Waals surface area contributed by atoms with Crippen LogP contribution in [0.25, 0.3) is 0 Å². The number of hydrogen-bond donors (Lipinski definition) is 2. The van der Waals surface area contributed by atoms with Crippen LogP contribution in [0.2, 0.25) is 0 Å². The second-order valence-corrected chi connectivity index (χ2v) is 8.01. The van der Waals surface area contributed by atoms with Crippen molar-refractivity contribution in [2.75, 3.05) is 11.1 Å². The van der Waals surface area contributed by atoms with Gasteiger partial charge in [-0.2, -0.15) is 0 Å². The number of carbonyl (C=O) groups excluding carboxylic acids is 2. The SMILES string of the molecule is C=CCn1c(CNC(=O)c2ccco2)nnc1SCC(=O)Nc1c(C)cc(C)cc1C. The molecule has 0 spiro atoms. The van der Waals surface area contributed by atoms with E-state index in [1.54, 1.807) is 18.2 Å². The fourth-order valence-electron chi connectivity index (χ4n) is 3.21. The number of amides is 2. The van der Waals surface area contributed by atoms with Crippen molar-refractivity contribution in [3.63, 3.8) is 0 Å². The Morgan fingerprint density at radius 2 is 1.97 bits per heavy atom. The summed E-state index contributed by atoms with van der Waals surface area (Å²) in [6.07, 6.45) is 3.15. The number of benzene rings is 1. The van der Waals surface area contributed by atoms with E-state index in [9.17, 15) is 9.59 Å². The van der Waals surface area contributed by atoms with Crippen LogP contribution in [-0.2, 0) is 17.9 Å². The lowest BCUT2D eigenvalue weighted by Gasteiger charge is -2.13. The minimum atomic E-state index is -0.337. The monoisotopic (exact) mass is 439 g/mol. The van der Waals surface area contributed by atoms with Crippen molar-refractivity contribution < 1.29 is 14.0 Å². The molecule has 31 heavy (non-hydrogen) atoms. The minimum Gasteiger partial charge on any atom is -0.459 e. The summed E-state index contributed by atoms with van der Waals surface area (Å²) in [6.45, 7) is 10.4. The van der Waals surface area contributed by atoms with Crippen LogP contribution in [0.4, 0.5) is 5.69 Å². The van der Waals surface area contributed by atoms with Gasteiger partial charge in [-0.15, -0.1) is 16.8 Å². The highest BCUT2D eigenvalue weighted by Gasteiger charge is 2.16. The van der Waals surface area contributed by atoms with Gasteiger partial charge in [0.1, 0.15) is 0 Å². The molecule has 0 atom stereocenters. The highest BCUT2D eigenvalue weighted by molar-refractivity contribution is 7.99. The van der Waals surface area contributed by atoms with E-state index in [1.165, 1.54) is 18.0 Å². The van der Waals surface area contributed by atoms with E-state index in [0.29, 0.717) is 17.5 Å². The predicted molar refractivity (Wildman–Crippen MR) is 120 cm³/mol. The summed E-state index contributed by atoms with van der Waals surface area (Å²) in [6, 6.07) is 7.31. The Kier molecular flexibility index (Phi) is 7.30. The Bertz CT molecular complexity index is 1070. The third-order valence-corrected chi connectivity index (χ3v) is 5.50. The van der Waals surface area contributed by atoms with Crippen molar-refractivity contribution >= 4 is 29.3 Å². The van der Waals surface area contributed by atoms with Gasteiger partial charge in [-0.1, -0.05) is 35.5 Å². The highest BCUT2D eigenvalue weighted by atomic mass is 32.2. The zero-order valence-electron chi connectivity index (χ0n) is 17.8. The predicted octanol–water partition coefficient (Wildman–Crippen LogP) is 3.64. The van der Waals surface area contributed by atoms with Gasteiger partial charge in [0.2, 0.25) is 5.91 Å². The van der Waals surface area contributed by atoms with Gasteiger partial charge >= 0.3 is 0 Å². The Balaban J connectivity index is 1.63. The first-order chi connectivity index (χ1) is 14.9. The number of aryl methyl sites for hydroxylation is 3. The number of nitrogens with one attached hydrogen (secondary N) is 2. The van der Waals surface area contributed by atoms with Gasteiger partial charge in [-0.3, -0.25) is 9.59 Å². The summed E-state index contributed by atoms with van der Waals surface area (Å²) in [5, 5.41) is 14.6. The van der Waals surface area contributed by atoms with E-state index in [4.69, 9.17) is 4.42 Å². The fraction of sp³-hybridized carbons (Fsp3) is 0.273. The van der Waals surface area contributed by atoms with E-state index < -0.39 is 0 Å². The number of hydrogen-bond acceptors (Lipinski definition) is 6. The molecule has 3 rings (SSSR count). The van der Waals surface area contributed by atoms with Gasteiger partial charge in [-0.25, -0.2) is 0 Å². The standard InChI is InChI=1S/C22H25N5O3S/c1-5-8-27-18(12-23-21(29)17-7-6-9-30-17)25-26-22(27)31-13-19(28)24-20-15(3)10-14(2)11-16(20)4/h5-7,9-11H,1,8,12-13H2,2-4H3,(H,23,29)(H,24,28). The highest BCUT2D eigenvalue weighted by Crippen LogP contribution is 2.23. The second kappa shape index (κ2) is 10.1. The molecule has 0 aliphatic carbocycles. The van der Waals surface area contributed by atoms with Crippen LogP contribution in [0.3, 0.4) is 0 Å². The van der Waals surface area contributed by atoms with Crippen molar-refractivity contribution in [3.8, 4) is 0 Å². The Morgan fingerprint density at radius 3 is 2.61 bits per heavy atom. The molecule has 0 bridgehead atoms. The van der Waals surface area contributed by atoms with E-state index in [2.05, 4.69) is 27.4 Å². The molecule has 2 aromatic heterocycles. The molecule has 9 heteroatoms. The molecule has 0 aliphatic heterocycles. The number of allylic oxidation sites excluding steroid dienone is 1. The molecule has 0 radical (unpaired) electrons. The average Bonchev–Trinajstić information content (AvgIpc) is 3.38. The van der Waals surface area contributed by atoms with Crippen LogP contribution >= 0.6 is 11.8 Å². The topological polar surface area (TPSA) is 102 Å². The lowest BCUT2D eigenvalue weighted by atomic mass is 10.1. The van der Waals surface area contributed by atoms with Crippen LogP contribution < -0.4 is 10.6 Å². The maximum Gasteiger partial charge on any atom is 0.287 e. The first-order valence-electron chi connectivity index (χ1n) is 9.74. The third-order valence-electron chi connectivity index (χ3n) is 4.53. The van der Waals surface area contributed by atoms with Crippen molar-refractivity contribution in [1.82, 2.24) is 20.1 Å². The van der Waals surface area contributed by atoms with E-state index in [0.717, 1.165) is 22.4 Å². The number of anilines is 1. The third kappa shape index (κ3) is 5.64. The molecule has 0 unspecified atom stereocenters. The molecule has 2 N–H and O–H groups in total. The van der Waals surface area contributed by atoms with Crippen molar-refractivity contribution in [2.45, 2.75) is 39.0 Å². The van der Waals surface area contributed by atoms with Crippen molar-refractivity contribution in [2.24, 2.45) is 0 Å². The lowest BCUT2D eigenvalue weighted by molar-refractivity contribution is -0.113. The molecule has 3 aromatic rings. The number of nitrogens with zero attached hydrogens (tertiary/aromatic N) is 3. The second-order valence-electron chi connectivity index (χ2n) is 7.07. The molecule has 0 saturated carbocycles. The van der Waals surface area contributed by atoms with Gasteiger partial charge in [0.25, 0.3) is 5.91 Å². The van der Waals surface area contributed by atoms with Gasteiger partial charge in [-0.05, 0) is 44.0 Å². The normalized spacial score (nSPS) is 10.7. The Labute approximate surface area is 185 Å². The van der Waals surface area contributed by atoms with Gasteiger partial charge < -0.3 is 19.6 Å². The minimum absolute atomic E-state index is 0.124. The fourth-order valence-corrected chi connectivity index (χ4v) is 3.97. The number of rotatable bonds is 9. The molecular weight excluding hydrogens is 414 g/mol. The summed E-state index contributed by atoms with van der Waals surface area (Å²) in [5.41, 5.74) is 4.05. The molecule has 162 valence electrons. The summed E-state index contributed by atoms with van der Waals surface area (Å²) < 4.78 is 6.90. The first kappa shape index (κ1) is 22.4. The van der Waals surface area contributed by atoms with Gasteiger partial charge in [0.05, 0.1) is 18.6 Å². The smallest absolute Gasteiger partial charge is 0.287 e. The van der Waals surface area contributed by atoms with Crippen LogP contribution in [0, 0.1) is 20.8 Å². The summed E-state index contributed by atoms with van der Waals surface area (Å²) in [7, 11) is 0. The molecular formula is C22H25N5O3S. The van der Waals surface area contributed by atoms with E-state index in [-0.39, 0.29) is 29.9 Å². The van der Waals surface area contributed by atoms with Crippen LogP contribution in [0.1, 0.15) is 33.1 Å². The number of furan rings is 1. The van der Waals surface area contributed by atoms with E-state index in [1.807, 2.05) is 37.5 Å². The summed E-state index contributed by atoms with van der Waals surface area (Å²) in [4.78, 5) is 24.6.